The lowest BCUT2D eigenvalue weighted by Gasteiger charge is -2.24. The quantitative estimate of drug-likeness (QED) is 0.679. The van der Waals surface area contributed by atoms with Gasteiger partial charge in [-0.1, -0.05) is 12.1 Å². The monoisotopic (exact) mass is 345 g/mol. The molecule has 1 aliphatic heterocycles. The highest BCUT2D eigenvalue weighted by Crippen LogP contribution is 2.36. The fraction of sp³-hybridized carbons (Fsp3) is 0.250. The van der Waals surface area contributed by atoms with Crippen molar-refractivity contribution in [1.82, 2.24) is 4.57 Å². The number of benzene rings is 1. The van der Waals surface area contributed by atoms with E-state index in [0.29, 0.717) is 12.0 Å². The van der Waals surface area contributed by atoms with E-state index in [9.17, 15) is 19.7 Å². The Balaban J connectivity index is 1.78. The first-order chi connectivity index (χ1) is 11.5. The summed E-state index contributed by atoms with van der Waals surface area (Å²) in [7, 11) is 0. The lowest BCUT2D eigenvalue weighted by atomic mass is 10.2. The Bertz CT molecular complexity index is 878. The van der Waals surface area contributed by atoms with E-state index in [2.05, 4.69) is 5.32 Å². The van der Waals surface area contributed by atoms with Gasteiger partial charge in [0, 0.05) is 23.1 Å². The second kappa shape index (κ2) is 6.48. The largest absolute Gasteiger partial charge is 0.324 e. The van der Waals surface area contributed by atoms with E-state index in [0.717, 1.165) is 10.6 Å². The van der Waals surface area contributed by atoms with Crippen molar-refractivity contribution in [2.24, 2.45) is 0 Å². The number of nitrogens with one attached hydrogen (secondary N) is 1. The molecule has 3 rings (SSSR count). The third-order valence-electron chi connectivity index (χ3n) is 3.80. The van der Waals surface area contributed by atoms with Crippen LogP contribution in [0.2, 0.25) is 0 Å². The molecule has 1 amide bonds. The van der Waals surface area contributed by atoms with Gasteiger partial charge in [0.1, 0.15) is 0 Å². The standard InChI is InChI=1S/C16H15N3O4S/c1-10-8-11(19(22)23)9-18(16(10)21)7-6-14-15(20)17-12-4-2-3-5-13(12)24-14/h2-5,8-9,14H,6-7H2,1H3,(H,17,20)/t14-/m0/s1. The number of amides is 1. The van der Waals surface area contributed by atoms with Crippen molar-refractivity contribution in [3.05, 3.63) is 62.6 Å². The zero-order valence-corrected chi connectivity index (χ0v) is 13.7. The molecule has 124 valence electrons. The number of nitro groups is 1. The van der Waals surface area contributed by atoms with Gasteiger partial charge in [0.05, 0.1) is 22.1 Å². The normalized spacial score (nSPS) is 16.4. The first-order valence-corrected chi connectivity index (χ1v) is 8.25. The molecule has 7 nitrogen and oxygen atoms in total. The number of rotatable bonds is 4. The van der Waals surface area contributed by atoms with E-state index in [-0.39, 0.29) is 28.9 Å². The van der Waals surface area contributed by atoms with Gasteiger partial charge in [-0.15, -0.1) is 11.8 Å². The number of anilines is 1. The molecule has 8 heteroatoms. The summed E-state index contributed by atoms with van der Waals surface area (Å²) in [5.41, 5.74) is 0.697. The van der Waals surface area contributed by atoms with Crippen LogP contribution in [0.15, 0.2) is 46.2 Å². The van der Waals surface area contributed by atoms with E-state index in [1.165, 1.54) is 28.6 Å². The molecule has 1 aromatic carbocycles. The Labute approximate surface area is 141 Å². The van der Waals surface area contributed by atoms with Crippen LogP contribution < -0.4 is 10.9 Å². The molecule has 2 heterocycles. The third-order valence-corrected chi connectivity index (χ3v) is 5.14. The molecule has 0 fully saturated rings. The van der Waals surface area contributed by atoms with Gasteiger partial charge in [0.15, 0.2) is 0 Å². The number of carbonyl (C=O) groups excluding carboxylic acids is 1. The minimum absolute atomic E-state index is 0.117. The lowest BCUT2D eigenvalue weighted by Crippen LogP contribution is -2.31. The van der Waals surface area contributed by atoms with Gasteiger partial charge in [-0.2, -0.15) is 0 Å². The van der Waals surface area contributed by atoms with Crippen LogP contribution in [-0.4, -0.2) is 20.6 Å². The highest BCUT2D eigenvalue weighted by molar-refractivity contribution is 8.01. The van der Waals surface area contributed by atoms with E-state index in [1.54, 1.807) is 6.92 Å². The predicted molar refractivity (Wildman–Crippen MR) is 91.4 cm³/mol. The SMILES string of the molecule is Cc1cc([N+](=O)[O-])cn(CC[C@@H]2Sc3ccccc3NC2=O)c1=O. The summed E-state index contributed by atoms with van der Waals surface area (Å²) in [6.07, 6.45) is 1.64. The zero-order chi connectivity index (χ0) is 17.3. The topological polar surface area (TPSA) is 94.2 Å². The summed E-state index contributed by atoms with van der Waals surface area (Å²) in [5.74, 6) is -0.117. The molecule has 0 unspecified atom stereocenters. The first-order valence-electron chi connectivity index (χ1n) is 7.38. The first kappa shape index (κ1) is 16.3. The van der Waals surface area contributed by atoms with Crippen LogP contribution in [0.5, 0.6) is 0 Å². The van der Waals surface area contributed by atoms with Gasteiger partial charge in [0.25, 0.3) is 11.2 Å². The number of carbonyl (C=O) groups is 1. The molecular formula is C16H15N3O4S. The van der Waals surface area contributed by atoms with Crippen molar-refractivity contribution in [1.29, 1.82) is 0 Å². The van der Waals surface area contributed by atoms with E-state index >= 15 is 0 Å². The molecule has 0 bridgehead atoms. The summed E-state index contributed by atoms with van der Waals surface area (Å²) in [4.78, 5) is 35.7. The summed E-state index contributed by atoms with van der Waals surface area (Å²) >= 11 is 1.44. The molecule has 1 aromatic heterocycles. The van der Waals surface area contributed by atoms with Crippen LogP contribution >= 0.6 is 11.8 Å². The molecule has 2 aromatic rings. The van der Waals surface area contributed by atoms with Gasteiger partial charge in [-0.25, -0.2) is 0 Å². The number of thioether (sulfide) groups is 1. The van der Waals surface area contributed by atoms with Gasteiger partial charge in [-0.3, -0.25) is 19.7 Å². The maximum atomic E-state index is 12.2. The van der Waals surface area contributed by atoms with Gasteiger partial charge in [-0.05, 0) is 25.5 Å². The Morgan fingerprint density at radius 1 is 1.33 bits per heavy atom. The maximum Gasteiger partial charge on any atom is 0.286 e. The number of aryl methyl sites for hydroxylation is 2. The van der Waals surface area contributed by atoms with Gasteiger partial charge < -0.3 is 9.88 Å². The molecule has 24 heavy (non-hydrogen) atoms. The summed E-state index contributed by atoms with van der Waals surface area (Å²) in [6, 6.07) is 8.78. The molecule has 1 N–H and O–H groups in total. The highest BCUT2D eigenvalue weighted by Gasteiger charge is 2.26. The number of nitrogens with zero attached hydrogens (tertiary/aromatic N) is 2. The van der Waals surface area contributed by atoms with Crippen molar-refractivity contribution in [2.75, 3.05) is 5.32 Å². The van der Waals surface area contributed by atoms with Crippen molar-refractivity contribution in [3.63, 3.8) is 0 Å². The third kappa shape index (κ3) is 3.18. The fourth-order valence-electron chi connectivity index (χ4n) is 2.57. The van der Waals surface area contributed by atoms with Crippen molar-refractivity contribution >= 4 is 29.0 Å². The molecule has 1 aliphatic rings. The van der Waals surface area contributed by atoms with Crippen LogP contribution in [0.1, 0.15) is 12.0 Å². The average Bonchev–Trinajstić information content (AvgIpc) is 2.55. The molecule has 0 aliphatic carbocycles. The van der Waals surface area contributed by atoms with E-state index in [1.807, 2.05) is 24.3 Å². The summed E-state index contributed by atoms with van der Waals surface area (Å²) in [5, 5.41) is 13.4. The summed E-state index contributed by atoms with van der Waals surface area (Å²) < 4.78 is 1.31. The zero-order valence-electron chi connectivity index (χ0n) is 12.9. The molecule has 0 radical (unpaired) electrons. The van der Waals surface area contributed by atoms with Crippen molar-refractivity contribution < 1.29 is 9.72 Å². The number of hydrogen-bond acceptors (Lipinski definition) is 5. The van der Waals surface area contributed by atoms with Crippen LogP contribution in [0.4, 0.5) is 11.4 Å². The maximum absolute atomic E-state index is 12.2. The van der Waals surface area contributed by atoms with E-state index < -0.39 is 4.92 Å². The average molecular weight is 345 g/mol. The minimum Gasteiger partial charge on any atom is -0.324 e. The number of para-hydroxylation sites is 1. The molecule has 0 saturated heterocycles. The van der Waals surface area contributed by atoms with Crippen LogP contribution in [-0.2, 0) is 11.3 Å². The Morgan fingerprint density at radius 2 is 2.08 bits per heavy atom. The number of fused-ring (bicyclic) bond motifs is 1. The van der Waals surface area contributed by atoms with Crippen LogP contribution in [0.25, 0.3) is 0 Å². The van der Waals surface area contributed by atoms with Gasteiger partial charge in [0.2, 0.25) is 5.91 Å². The van der Waals surface area contributed by atoms with Gasteiger partial charge >= 0.3 is 0 Å². The predicted octanol–water partition coefficient (Wildman–Crippen LogP) is 2.57. The van der Waals surface area contributed by atoms with Crippen molar-refractivity contribution in [3.8, 4) is 0 Å². The number of aromatic nitrogens is 1. The Hall–Kier alpha value is -2.61. The molecular weight excluding hydrogens is 330 g/mol. The lowest BCUT2D eigenvalue weighted by molar-refractivity contribution is -0.385. The molecule has 0 spiro atoms. The van der Waals surface area contributed by atoms with Crippen LogP contribution in [0.3, 0.4) is 0 Å². The molecule has 1 atom stereocenters. The number of pyridine rings is 1. The fourth-order valence-corrected chi connectivity index (χ4v) is 3.67. The molecule has 0 saturated carbocycles. The smallest absolute Gasteiger partial charge is 0.286 e. The van der Waals surface area contributed by atoms with Crippen LogP contribution in [0, 0.1) is 17.0 Å². The second-order valence-electron chi connectivity index (χ2n) is 5.52. The van der Waals surface area contributed by atoms with Crippen molar-refractivity contribution in [2.45, 2.75) is 30.0 Å². The second-order valence-corrected chi connectivity index (χ2v) is 6.76. The Morgan fingerprint density at radius 3 is 2.83 bits per heavy atom. The highest BCUT2D eigenvalue weighted by atomic mass is 32.2. The van der Waals surface area contributed by atoms with E-state index in [4.69, 9.17) is 0 Å². The minimum atomic E-state index is -0.527. The Kier molecular flexibility index (Phi) is 4.39. The number of hydrogen-bond donors (Lipinski definition) is 1. The summed E-state index contributed by atoms with van der Waals surface area (Å²) in [6.45, 7) is 1.79.